The Morgan fingerprint density at radius 2 is 1.68 bits per heavy atom. The molecule has 0 unspecified atom stereocenters. The molecule has 1 N–H and O–H groups in total. The lowest BCUT2D eigenvalue weighted by Crippen LogP contribution is -2.33. The highest BCUT2D eigenvalue weighted by Crippen LogP contribution is 2.27. The van der Waals surface area contributed by atoms with Crippen LogP contribution in [0.25, 0.3) is 0 Å². The van der Waals surface area contributed by atoms with E-state index < -0.39 is 5.60 Å². The Kier molecular flexibility index (Phi) is 4.49. The van der Waals surface area contributed by atoms with Crippen LogP contribution in [0.1, 0.15) is 42.3 Å². The van der Waals surface area contributed by atoms with Gasteiger partial charge in [0.2, 0.25) is 0 Å². The topological polar surface area (TPSA) is 58.6 Å². The minimum absolute atomic E-state index is 0.150. The number of hydrogen-bond acceptors (Lipinski definition) is 3. The SMILES string of the molecule is CC(C)(C)OC(=O)N1Cc2ccc(NC(=O)c3ccccc3)cc2C1. The van der Waals surface area contributed by atoms with Crippen molar-refractivity contribution in [2.45, 2.75) is 39.5 Å². The Morgan fingerprint density at radius 3 is 2.36 bits per heavy atom. The molecular formula is C20H22N2O3. The molecule has 0 saturated carbocycles. The number of amides is 2. The monoisotopic (exact) mass is 338 g/mol. The van der Waals surface area contributed by atoms with Gasteiger partial charge in [-0.15, -0.1) is 0 Å². The van der Waals surface area contributed by atoms with Crippen molar-refractivity contribution in [2.24, 2.45) is 0 Å². The Balaban J connectivity index is 1.68. The quantitative estimate of drug-likeness (QED) is 0.893. The largest absolute Gasteiger partial charge is 0.444 e. The molecule has 0 radical (unpaired) electrons. The van der Waals surface area contributed by atoms with E-state index in [-0.39, 0.29) is 12.0 Å². The van der Waals surface area contributed by atoms with E-state index in [1.807, 2.05) is 57.2 Å². The van der Waals surface area contributed by atoms with Gasteiger partial charge in [-0.1, -0.05) is 24.3 Å². The van der Waals surface area contributed by atoms with Gasteiger partial charge in [0, 0.05) is 24.3 Å². The molecule has 0 bridgehead atoms. The highest BCUT2D eigenvalue weighted by molar-refractivity contribution is 6.04. The van der Waals surface area contributed by atoms with Crippen LogP contribution in [0.5, 0.6) is 0 Å². The summed E-state index contributed by atoms with van der Waals surface area (Å²) in [5, 5.41) is 2.90. The van der Waals surface area contributed by atoms with Gasteiger partial charge in [-0.05, 0) is 56.2 Å². The van der Waals surface area contributed by atoms with Gasteiger partial charge >= 0.3 is 6.09 Å². The van der Waals surface area contributed by atoms with Crippen LogP contribution in [0.3, 0.4) is 0 Å². The van der Waals surface area contributed by atoms with E-state index in [0.29, 0.717) is 18.7 Å². The summed E-state index contributed by atoms with van der Waals surface area (Å²) in [4.78, 5) is 26.1. The molecule has 0 fully saturated rings. The predicted molar refractivity (Wildman–Crippen MR) is 96.3 cm³/mol. The Morgan fingerprint density at radius 1 is 1.00 bits per heavy atom. The summed E-state index contributed by atoms with van der Waals surface area (Å²) in [6.07, 6.45) is -0.321. The van der Waals surface area contributed by atoms with Gasteiger partial charge in [-0.2, -0.15) is 0 Å². The fraction of sp³-hybridized carbons (Fsp3) is 0.300. The number of benzene rings is 2. The zero-order valence-corrected chi connectivity index (χ0v) is 14.7. The number of hydrogen-bond donors (Lipinski definition) is 1. The third-order valence-corrected chi connectivity index (χ3v) is 3.87. The molecular weight excluding hydrogens is 316 g/mol. The summed E-state index contributed by atoms with van der Waals surface area (Å²) in [5.74, 6) is -0.150. The maximum absolute atomic E-state index is 12.2. The van der Waals surface area contributed by atoms with Gasteiger partial charge in [0.25, 0.3) is 5.91 Å². The molecule has 0 atom stereocenters. The van der Waals surface area contributed by atoms with Gasteiger partial charge < -0.3 is 10.1 Å². The first-order valence-electron chi connectivity index (χ1n) is 8.28. The van der Waals surface area contributed by atoms with Crippen molar-refractivity contribution < 1.29 is 14.3 Å². The smallest absolute Gasteiger partial charge is 0.410 e. The molecule has 2 amide bonds. The summed E-state index contributed by atoms with van der Waals surface area (Å²) in [6, 6.07) is 14.8. The van der Waals surface area contributed by atoms with Crippen molar-refractivity contribution in [3.05, 3.63) is 65.2 Å². The van der Waals surface area contributed by atoms with Crippen LogP contribution in [-0.2, 0) is 17.8 Å². The first-order valence-corrected chi connectivity index (χ1v) is 8.28. The number of ether oxygens (including phenoxy) is 1. The van der Waals surface area contributed by atoms with Crippen molar-refractivity contribution in [2.75, 3.05) is 5.32 Å². The molecule has 1 heterocycles. The van der Waals surface area contributed by atoms with Crippen LogP contribution in [0.2, 0.25) is 0 Å². The number of rotatable bonds is 2. The molecule has 0 aromatic heterocycles. The number of fused-ring (bicyclic) bond motifs is 1. The average molecular weight is 338 g/mol. The van der Waals surface area contributed by atoms with Crippen LogP contribution in [0.15, 0.2) is 48.5 Å². The summed E-state index contributed by atoms with van der Waals surface area (Å²) in [6.45, 7) is 6.57. The van der Waals surface area contributed by atoms with Gasteiger partial charge in [-0.25, -0.2) is 4.79 Å². The molecule has 2 aromatic carbocycles. The number of carbonyl (C=O) groups excluding carboxylic acids is 2. The second-order valence-electron chi connectivity index (χ2n) is 7.14. The Bertz CT molecular complexity index is 794. The standard InChI is InChI=1S/C20H22N2O3/c1-20(2,3)25-19(24)22-12-15-9-10-17(11-16(15)13-22)21-18(23)14-7-5-4-6-8-14/h4-11H,12-13H2,1-3H3,(H,21,23). The summed E-state index contributed by atoms with van der Waals surface area (Å²) < 4.78 is 5.42. The van der Waals surface area contributed by atoms with E-state index in [0.717, 1.165) is 16.8 Å². The molecule has 130 valence electrons. The lowest BCUT2D eigenvalue weighted by atomic mass is 10.1. The van der Waals surface area contributed by atoms with Crippen molar-refractivity contribution in [1.29, 1.82) is 0 Å². The normalized spacial score (nSPS) is 13.3. The molecule has 0 saturated heterocycles. The molecule has 0 aliphatic carbocycles. The molecule has 5 heteroatoms. The van der Waals surface area contributed by atoms with Crippen molar-refractivity contribution in [1.82, 2.24) is 4.90 Å². The fourth-order valence-corrected chi connectivity index (χ4v) is 2.72. The third-order valence-electron chi connectivity index (χ3n) is 3.87. The summed E-state index contributed by atoms with van der Waals surface area (Å²) >= 11 is 0. The van der Waals surface area contributed by atoms with E-state index in [4.69, 9.17) is 4.74 Å². The van der Waals surface area contributed by atoms with Crippen LogP contribution in [0.4, 0.5) is 10.5 Å². The summed E-state index contributed by atoms with van der Waals surface area (Å²) in [7, 11) is 0. The van der Waals surface area contributed by atoms with Crippen LogP contribution in [0, 0.1) is 0 Å². The minimum atomic E-state index is -0.513. The van der Waals surface area contributed by atoms with Gasteiger partial charge in [-0.3, -0.25) is 9.69 Å². The second kappa shape index (κ2) is 6.59. The highest BCUT2D eigenvalue weighted by atomic mass is 16.6. The highest BCUT2D eigenvalue weighted by Gasteiger charge is 2.27. The predicted octanol–water partition coefficient (Wildman–Crippen LogP) is 4.19. The molecule has 3 rings (SSSR count). The van der Waals surface area contributed by atoms with Gasteiger partial charge in [0.15, 0.2) is 0 Å². The van der Waals surface area contributed by atoms with Crippen molar-refractivity contribution >= 4 is 17.7 Å². The zero-order chi connectivity index (χ0) is 18.0. The second-order valence-corrected chi connectivity index (χ2v) is 7.14. The lowest BCUT2D eigenvalue weighted by Gasteiger charge is -2.24. The summed E-state index contributed by atoms with van der Waals surface area (Å²) in [5.41, 5.74) is 2.91. The molecule has 1 aliphatic rings. The maximum Gasteiger partial charge on any atom is 0.410 e. The number of nitrogens with one attached hydrogen (secondary N) is 1. The van der Waals surface area contributed by atoms with Crippen molar-refractivity contribution in [3.8, 4) is 0 Å². The fourth-order valence-electron chi connectivity index (χ4n) is 2.72. The number of carbonyl (C=O) groups is 2. The molecule has 25 heavy (non-hydrogen) atoms. The lowest BCUT2D eigenvalue weighted by molar-refractivity contribution is 0.0241. The first-order chi connectivity index (χ1) is 11.8. The van der Waals surface area contributed by atoms with Crippen molar-refractivity contribution in [3.63, 3.8) is 0 Å². The van der Waals surface area contributed by atoms with Gasteiger partial charge in [0.1, 0.15) is 5.60 Å². The maximum atomic E-state index is 12.2. The van der Waals surface area contributed by atoms with E-state index in [9.17, 15) is 9.59 Å². The van der Waals surface area contributed by atoms with E-state index >= 15 is 0 Å². The Hall–Kier alpha value is -2.82. The zero-order valence-electron chi connectivity index (χ0n) is 14.7. The van der Waals surface area contributed by atoms with Gasteiger partial charge in [0.05, 0.1) is 0 Å². The number of anilines is 1. The molecule has 0 spiro atoms. The van der Waals surface area contributed by atoms with Crippen LogP contribution < -0.4 is 5.32 Å². The Labute approximate surface area is 147 Å². The van der Waals surface area contributed by atoms with Crippen LogP contribution in [-0.4, -0.2) is 22.5 Å². The number of nitrogens with zero attached hydrogens (tertiary/aromatic N) is 1. The average Bonchev–Trinajstić information content (AvgIpc) is 2.97. The first kappa shape index (κ1) is 17.0. The van der Waals surface area contributed by atoms with E-state index in [1.54, 1.807) is 17.0 Å². The molecule has 1 aliphatic heterocycles. The van der Waals surface area contributed by atoms with E-state index in [1.165, 1.54) is 0 Å². The minimum Gasteiger partial charge on any atom is -0.444 e. The third kappa shape index (κ3) is 4.18. The van der Waals surface area contributed by atoms with E-state index in [2.05, 4.69) is 5.32 Å². The van der Waals surface area contributed by atoms with Crippen LogP contribution >= 0.6 is 0 Å². The molecule has 2 aromatic rings. The molecule has 5 nitrogen and oxygen atoms in total.